The number of benzene rings is 1. The first-order valence-electron chi connectivity index (χ1n) is 5.29. The Hall–Kier alpha value is -1.71. The van der Waals surface area contributed by atoms with Gasteiger partial charge in [-0.15, -0.1) is 0 Å². The summed E-state index contributed by atoms with van der Waals surface area (Å²) < 4.78 is 4.67. The minimum absolute atomic E-state index is 0.342. The van der Waals surface area contributed by atoms with Crippen molar-refractivity contribution in [2.75, 3.05) is 31.3 Å². The molecule has 0 unspecified atom stereocenters. The molecular weight excluding hydrogens is 204 g/mol. The number of hydrogen-bond acceptors (Lipinski definition) is 4. The van der Waals surface area contributed by atoms with E-state index in [9.17, 15) is 4.79 Å². The molecule has 0 saturated heterocycles. The third kappa shape index (κ3) is 2.66. The SMILES string of the molecule is CCCN(C)c1cc(C(=O)OC)ccc1N. The van der Waals surface area contributed by atoms with Crippen LogP contribution in [0.1, 0.15) is 23.7 Å². The van der Waals surface area contributed by atoms with Gasteiger partial charge in [-0.25, -0.2) is 4.79 Å². The zero-order valence-corrected chi connectivity index (χ0v) is 9.99. The van der Waals surface area contributed by atoms with Gasteiger partial charge in [0.05, 0.1) is 24.0 Å². The molecule has 0 spiro atoms. The molecule has 0 aromatic heterocycles. The summed E-state index contributed by atoms with van der Waals surface area (Å²) in [6.07, 6.45) is 1.03. The van der Waals surface area contributed by atoms with E-state index in [1.807, 2.05) is 11.9 Å². The number of rotatable bonds is 4. The van der Waals surface area contributed by atoms with Crippen LogP contribution >= 0.6 is 0 Å². The molecule has 0 atom stereocenters. The Bertz CT molecular complexity index is 377. The molecule has 0 heterocycles. The predicted octanol–water partition coefficient (Wildman–Crippen LogP) is 1.90. The molecule has 0 saturated carbocycles. The minimum Gasteiger partial charge on any atom is -0.465 e. The number of esters is 1. The second-order valence-corrected chi connectivity index (χ2v) is 3.69. The molecule has 0 radical (unpaired) electrons. The molecule has 0 aliphatic rings. The van der Waals surface area contributed by atoms with Gasteiger partial charge < -0.3 is 15.4 Å². The normalized spacial score (nSPS) is 9.94. The van der Waals surface area contributed by atoms with Crippen molar-refractivity contribution in [3.8, 4) is 0 Å². The van der Waals surface area contributed by atoms with Crippen molar-refractivity contribution in [3.05, 3.63) is 23.8 Å². The van der Waals surface area contributed by atoms with Crippen molar-refractivity contribution in [2.24, 2.45) is 0 Å². The first-order chi connectivity index (χ1) is 7.60. The van der Waals surface area contributed by atoms with Crippen molar-refractivity contribution < 1.29 is 9.53 Å². The van der Waals surface area contributed by atoms with Gasteiger partial charge in [-0.3, -0.25) is 0 Å². The summed E-state index contributed by atoms with van der Waals surface area (Å²) >= 11 is 0. The lowest BCUT2D eigenvalue weighted by Crippen LogP contribution is -2.19. The summed E-state index contributed by atoms with van der Waals surface area (Å²) in [5, 5.41) is 0. The molecule has 0 aliphatic carbocycles. The highest BCUT2D eigenvalue weighted by Gasteiger charge is 2.10. The number of methoxy groups -OCH3 is 1. The zero-order valence-electron chi connectivity index (χ0n) is 9.99. The van der Waals surface area contributed by atoms with E-state index in [0.29, 0.717) is 11.3 Å². The van der Waals surface area contributed by atoms with Crippen LogP contribution < -0.4 is 10.6 Å². The van der Waals surface area contributed by atoms with E-state index in [1.54, 1.807) is 18.2 Å². The number of nitrogens with zero attached hydrogens (tertiary/aromatic N) is 1. The number of hydrogen-bond donors (Lipinski definition) is 1. The highest BCUT2D eigenvalue weighted by Crippen LogP contribution is 2.24. The van der Waals surface area contributed by atoms with Crippen LogP contribution in [-0.2, 0) is 4.74 Å². The highest BCUT2D eigenvalue weighted by atomic mass is 16.5. The van der Waals surface area contributed by atoms with E-state index in [0.717, 1.165) is 18.7 Å². The molecule has 88 valence electrons. The molecule has 1 rings (SSSR count). The molecular formula is C12H18N2O2. The summed E-state index contributed by atoms with van der Waals surface area (Å²) in [7, 11) is 3.32. The maximum atomic E-state index is 11.4. The average molecular weight is 222 g/mol. The quantitative estimate of drug-likeness (QED) is 0.624. The van der Waals surface area contributed by atoms with Gasteiger partial charge in [0, 0.05) is 13.6 Å². The van der Waals surface area contributed by atoms with Crippen molar-refractivity contribution in [3.63, 3.8) is 0 Å². The van der Waals surface area contributed by atoms with Gasteiger partial charge >= 0.3 is 5.97 Å². The fourth-order valence-electron chi connectivity index (χ4n) is 1.57. The van der Waals surface area contributed by atoms with Gasteiger partial charge in [-0.05, 0) is 24.6 Å². The van der Waals surface area contributed by atoms with Crippen LogP contribution in [0.4, 0.5) is 11.4 Å². The third-order valence-electron chi connectivity index (χ3n) is 2.42. The van der Waals surface area contributed by atoms with Crippen molar-refractivity contribution in [1.82, 2.24) is 0 Å². The second kappa shape index (κ2) is 5.39. The van der Waals surface area contributed by atoms with E-state index in [4.69, 9.17) is 5.73 Å². The standard InChI is InChI=1S/C12H18N2O2/c1-4-7-14(2)11-8-9(12(15)16-3)5-6-10(11)13/h5-6,8H,4,7,13H2,1-3H3. The van der Waals surface area contributed by atoms with Crippen LogP contribution in [0, 0.1) is 0 Å². The molecule has 4 heteroatoms. The number of nitrogen functional groups attached to an aromatic ring is 1. The van der Waals surface area contributed by atoms with Crippen LogP contribution in [0.15, 0.2) is 18.2 Å². The van der Waals surface area contributed by atoms with Gasteiger partial charge in [-0.1, -0.05) is 6.92 Å². The maximum Gasteiger partial charge on any atom is 0.337 e. The summed E-state index contributed by atoms with van der Waals surface area (Å²) in [4.78, 5) is 13.4. The molecule has 0 aliphatic heterocycles. The molecule has 16 heavy (non-hydrogen) atoms. The first-order valence-corrected chi connectivity index (χ1v) is 5.29. The Labute approximate surface area is 96.0 Å². The van der Waals surface area contributed by atoms with E-state index in [-0.39, 0.29) is 5.97 Å². The van der Waals surface area contributed by atoms with Crippen LogP contribution in [-0.4, -0.2) is 26.7 Å². The first kappa shape index (κ1) is 12.4. The molecule has 0 fully saturated rings. The van der Waals surface area contributed by atoms with Gasteiger partial charge in [0.15, 0.2) is 0 Å². The van der Waals surface area contributed by atoms with Crippen LogP contribution in [0.25, 0.3) is 0 Å². The number of carbonyl (C=O) groups excluding carboxylic acids is 1. The van der Waals surface area contributed by atoms with E-state index < -0.39 is 0 Å². The zero-order chi connectivity index (χ0) is 12.1. The van der Waals surface area contributed by atoms with Crippen LogP contribution in [0.2, 0.25) is 0 Å². The van der Waals surface area contributed by atoms with Gasteiger partial charge in [0.25, 0.3) is 0 Å². The molecule has 4 nitrogen and oxygen atoms in total. The fourth-order valence-corrected chi connectivity index (χ4v) is 1.57. The monoisotopic (exact) mass is 222 g/mol. The lowest BCUT2D eigenvalue weighted by Gasteiger charge is -2.20. The lowest BCUT2D eigenvalue weighted by molar-refractivity contribution is 0.0601. The van der Waals surface area contributed by atoms with Crippen molar-refractivity contribution in [1.29, 1.82) is 0 Å². The summed E-state index contributed by atoms with van der Waals surface area (Å²) in [5.41, 5.74) is 7.93. The number of carbonyl (C=O) groups is 1. The molecule has 0 bridgehead atoms. The summed E-state index contributed by atoms with van der Waals surface area (Å²) in [6, 6.07) is 5.16. The smallest absolute Gasteiger partial charge is 0.337 e. The fraction of sp³-hybridized carbons (Fsp3) is 0.417. The van der Waals surface area contributed by atoms with E-state index >= 15 is 0 Å². The average Bonchev–Trinajstić information content (AvgIpc) is 2.29. The van der Waals surface area contributed by atoms with Gasteiger partial charge in [-0.2, -0.15) is 0 Å². The maximum absolute atomic E-state index is 11.4. The van der Waals surface area contributed by atoms with Crippen LogP contribution in [0.3, 0.4) is 0 Å². The Morgan fingerprint density at radius 2 is 2.19 bits per heavy atom. The molecule has 1 aromatic carbocycles. The topological polar surface area (TPSA) is 55.6 Å². The van der Waals surface area contributed by atoms with Crippen molar-refractivity contribution in [2.45, 2.75) is 13.3 Å². The van der Waals surface area contributed by atoms with Gasteiger partial charge in [0.1, 0.15) is 0 Å². The van der Waals surface area contributed by atoms with Crippen LogP contribution in [0.5, 0.6) is 0 Å². The predicted molar refractivity (Wildman–Crippen MR) is 65.8 cm³/mol. The number of anilines is 2. The summed E-state index contributed by atoms with van der Waals surface area (Å²) in [5.74, 6) is -0.342. The van der Waals surface area contributed by atoms with Crippen molar-refractivity contribution >= 4 is 17.3 Å². The minimum atomic E-state index is -0.342. The highest BCUT2D eigenvalue weighted by molar-refractivity contribution is 5.92. The van der Waals surface area contributed by atoms with Gasteiger partial charge in [0.2, 0.25) is 0 Å². The molecule has 0 amide bonds. The Morgan fingerprint density at radius 3 is 2.75 bits per heavy atom. The summed E-state index contributed by atoms with van der Waals surface area (Å²) in [6.45, 7) is 2.99. The Balaban J connectivity index is 3.03. The van der Waals surface area contributed by atoms with E-state index in [1.165, 1.54) is 7.11 Å². The molecule has 2 N–H and O–H groups in total. The second-order valence-electron chi connectivity index (χ2n) is 3.69. The largest absolute Gasteiger partial charge is 0.465 e. The van der Waals surface area contributed by atoms with E-state index in [2.05, 4.69) is 11.7 Å². The Morgan fingerprint density at radius 1 is 1.50 bits per heavy atom. The number of nitrogens with two attached hydrogens (primary N) is 1. The number of ether oxygens (including phenoxy) is 1. The lowest BCUT2D eigenvalue weighted by atomic mass is 10.1. The molecule has 1 aromatic rings. The Kier molecular flexibility index (Phi) is 4.17. The third-order valence-corrected chi connectivity index (χ3v) is 2.42.